The summed E-state index contributed by atoms with van der Waals surface area (Å²) >= 11 is 0. The molecule has 3 aliphatic rings. The number of benzene rings is 5. The highest BCUT2D eigenvalue weighted by Gasteiger charge is 2.35. The molecule has 2 heteroatoms. The van der Waals surface area contributed by atoms with Crippen molar-refractivity contribution in [2.75, 3.05) is 0 Å². The van der Waals surface area contributed by atoms with E-state index in [0.717, 1.165) is 6.42 Å². The van der Waals surface area contributed by atoms with Gasteiger partial charge in [-0.2, -0.15) is 0 Å². The Bertz CT molecular complexity index is 2230. The zero-order chi connectivity index (χ0) is 28.0. The number of hydrogen-bond acceptors (Lipinski definition) is 1. The summed E-state index contributed by atoms with van der Waals surface area (Å²) in [6.45, 7) is 4.74. The summed E-state index contributed by atoms with van der Waals surface area (Å²) in [6, 6.07) is 36.3. The molecule has 1 aromatic heterocycles. The van der Waals surface area contributed by atoms with E-state index in [1.165, 1.54) is 77.4 Å². The lowest BCUT2D eigenvalue weighted by atomic mass is 9.68. The number of aliphatic imine (C=N–C) groups is 1. The van der Waals surface area contributed by atoms with Crippen LogP contribution in [0.15, 0.2) is 132 Å². The number of aromatic nitrogens is 1. The van der Waals surface area contributed by atoms with E-state index in [9.17, 15) is 0 Å². The summed E-state index contributed by atoms with van der Waals surface area (Å²) in [6.07, 6.45) is 11.8. The van der Waals surface area contributed by atoms with Crippen LogP contribution in [0.5, 0.6) is 0 Å². The predicted molar refractivity (Wildman–Crippen MR) is 178 cm³/mol. The standard InChI is InChI=1S/C40H30N2/c1-40(2)33-16-5-3-14-31(33)37-36-27(11-8-17-34(36)40)24-32-30-13-4-6-18-35(30)42(39(32)37)28-21-19-25(20-22-28)29-15-7-10-26-12-9-23-41-38(26)29/h3-9,11-24,26H,10H2,1-2H3. The maximum Gasteiger partial charge on any atom is 0.0626 e. The molecule has 6 aromatic rings. The van der Waals surface area contributed by atoms with E-state index in [-0.39, 0.29) is 5.41 Å². The van der Waals surface area contributed by atoms with Crippen molar-refractivity contribution in [3.05, 3.63) is 144 Å². The van der Waals surface area contributed by atoms with Gasteiger partial charge in [0.15, 0.2) is 0 Å². The molecule has 0 radical (unpaired) electrons. The maximum atomic E-state index is 4.77. The summed E-state index contributed by atoms with van der Waals surface area (Å²) in [5.41, 5.74) is 12.7. The highest BCUT2D eigenvalue weighted by Crippen LogP contribution is 2.52. The van der Waals surface area contributed by atoms with Crippen LogP contribution in [0, 0.1) is 5.92 Å². The molecule has 5 aromatic carbocycles. The van der Waals surface area contributed by atoms with Gasteiger partial charge >= 0.3 is 0 Å². The van der Waals surface area contributed by atoms with Gasteiger partial charge in [-0.25, -0.2) is 0 Å². The fourth-order valence-electron chi connectivity index (χ4n) is 7.75. The van der Waals surface area contributed by atoms with E-state index < -0.39 is 0 Å². The van der Waals surface area contributed by atoms with Crippen molar-refractivity contribution in [3.8, 4) is 16.8 Å². The van der Waals surface area contributed by atoms with Gasteiger partial charge in [0.25, 0.3) is 0 Å². The van der Waals surface area contributed by atoms with Crippen LogP contribution in [-0.4, -0.2) is 10.8 Å². The Morgan fingerprint density at radius 1 is 0.810 bits per heavy atom. The van der Waals surface area contributed by atoms with Crippen LogP contribution >= 0.6 is 0 Å². The third-order valence-corrected chi connectivity index (χ3v) is 9.72. The number of dihydropyridines is 1. The molecule has 200 valence electrons. The minimum Gasteiger partial charge on any atom is -0.309 e. The number of rotatable bonds is 2. The van der Waals surface area contributed by atoms with Crippen molar-refractivity contribution in [2.24, 2.45) is 10.9 Å². The van der Waals surface area contributed by atoms with Crippen LogP contribution in [0.3, 0.4) is 0 Å². The Morgan fingerprint density at radius 3 is 2.52 bits per heavy atom. The number of hydrogen-bond donors (Lipinski definition) is 0. The van der Waals surface area contributed by atoms with Crippen LogP contribution in [0.25, 0.3) is 55.0 Å². The van der Waals surface area contributed by atoms with Gasteiger partial charge in [-0.15, -0.1) is 0 Å². The van der Waals surface area contributed by atoms with Crippen molar-refractivity contribution < 1.29 is 0 Å². The van der Waals surface area contributed by atoms with E-state index in [1.807, 2.05) is 6.21 Å². The Balaban J connectivity index is 1.36. The molecule has 0 bridgehead atoms. The molecule has 9 rings (SSSR count). The molecule has 42 heavy (non-hydrogen) atoms. The molecule has 1 atom stereocenters. The largest absolute Gasteiger partial charge is 0.309 e. The molecule has 2 heterocycles. The third-order valence-electron chi connectivity index (χ3n) is 9.72. The van der Waals surface area contributed by atoms with Crippen molar-refractivity contribution >= 4 is 44.4 Å². The fraction of sp³-hybridized carbons (Fsp3) is 0.125. The lowest BCUT2D eigenvalue weighted by Gasteiger charge is -2.35. The van der Waals surface area contributed by atoms with E-state index in [1.54, 1.807) is 0 Å². The summed E-state index contributed by atoms with van der Waals surface area (Å²) in [5.74, 6) is 0.368. The van der Waals surface area contributed by atoms with E-state index in [0.29, 0.717) is 5.92 Å². The summed E-state index contributed by atoms with van der Waals surface area (Å²) in [7, 11) is 0. The number of para-hydroxylation sites is 1. The number of nitrogens with zero attached hydrogens (tertiary/aromatic N) is 2. The molecule has 1 aliphatic heterocycles. The van der Waals surface area contributed by atoms with Gasteiger partial charge in [0, 0.05) is 45.1 Å². The Labute approximate surface area is 245 Å². The molecular weight excluding hydrogens is 508 g/mol. The molecule has 2 aliphatic carbocycles. The quantitative estimate of drug-likeness (QED) is 0.209. The zero-order valence-electron chi connectivity index (χ0n) is 23.8. The third kappa shape index (κ3) is 3.12. The average Bonchev–Trinajstić information content (AvgIpc) is 3.37. The molecule has 0 saturated carbocycles. The van der Waals surface area contributed by atoms with Crippen molar-refractivity contribution in [2.45, 2.75) is 25.7 Å². The van der Waals surface area contributed by atoms with Gasteiger partial charge in [-0.3, -0.25) is 4.99 Å². The zero-order valence-corrected chi connectivity index (χ0v) is 23.8. The molecule has 0 N–H and O–H groups in total. The number of allylic oxidation sites excluding steroid dienone is 5. The van der Waals surface area contributed by atoms with E-state index >= 15 is 0 Å². The number of fused-ring (bicyclic) bond motifs is 7. The van der Waals surface area contributed by atoms with Crippen LogP contribution in [-0.2, 0) is 5.41 Å². The Kier molecular flexibility index (Phi) is 4.82. The lowest BCUT2D eigenvalue weighted by molar-refractivity contribution is 0.645. The molecular formula is C40H30N2. The van der Waals surface area contributed by atoms with Gasteiger partial charge < -0.3 is 4.57 Å². The molecule has 0 spiro atoms. The summed E-state index contributed by atoms with van der Waals surface area (Å²) in [5, 5.41) is 5.27. The minimum atomic E-state index is -0.0771. The predicted octanol–water partition coefficient (Wildman–Crippen LogP) is 10.2. The van der Waals surface area contributed by atoms with E-state index in [2.05, 4.69) is 140 Å². The first kappa shape index (κ1) is 23.7. The first-order chi connectivity index (χ1) is 20.6. The van der Waals surface area contributed by atoms with Crippen molar-refractivity contribution in [3.63, 3.8) is 0 Å². The van der Waals surface area contributed by atoms with Gasteiger partial charge in [0.05, 0.1) is 16.7 Å². The van der Waals surface area contributed by atoms with Gasteiger partial charge in [-0.1, -0.05) is 105 Å². The van der Waals surface area contributed by atoms with Gasteiger partial charge in [0.2, 0.25) is 0 Å². The molecule has 1 unspecified atom stereocenters. The second-order valence-corrected chi connectivity index (χ2v) is 12.3. The summed E-state index contributed by atoms with van der Waals surface area (Å²) < 4.78 is 2.49. The average molecular weight is 539 g/mol. The highest BCUT2D eigenvalue weighted by atomic mass is 15.0. The molecule has 0 amide bonds. The van der Waals surface area contributed by atoms with Crippen LogP contribution < -0.4 is 0 Å². The van der Waals surface area contributed by atoms with Crippen LogP contribution in [0.4, 0.5) is 0 Å². The smallest absolute Gasteiger partial charge is 0.0626 e. The molecule has 0 saturated heterocycles. The second-order valence-electron chi connectivity index (χ2n) is 12.3. The summed E-state index contributed by atoms with van der Waals surface area (Å²) in [4.78, 5) is 4.77. The second kappa shape index (κ2) is 8.53. The fourth-order valence-corrected chi connectivity index (χ4v) is 7.75. The Hall–Kier alpha value is -4.95. The Morgan fingerprint density at radius 2 is 1.62 bits per heavy atom. The van der Waals surface area contributed by atoms with Crippen molar-refractivity contribution in [1.29, 1.82) is 0 Å². The SMILES string of the molecule is CC1(C)c2ccccc2-c2c3c1cccc3cc1c3ccccc3n(-c3ccc(C4=C5N=CC=CC5CC=C4)cc3)c21. The van der Waals surface area contributed by atoms with Crippen LogP contribution in [0.1, 0.15) is 37.0 Å². The molecule has 0 fully saturated rings. The first-order valence-electron chi connectivity index (χ1n) is 14.9. The van der Waals surface area contributed by atoms with E-state index in [4.69, 9.17) is 4.99 Å². The first-order valence-corrected chi connectivity index (χ1v) is 14.9. The topological polar surface area (TPSA) is 17.3 Å². The van der Waals surface area contributed by atoms with Gasteiger partial charge in [-0.05, 0) is 69.8 Å². The van der Waals surface area contributed by atoms with Gasteiger partial charge in [0.1, 0.15) is 0 Å². The monoisotopic (exact) mass is 538 g/mol. The molecule has 2 nitrogen and oxygen atoms in total. The van der Waals surface area contributed by atoms with Crippen LogP contribution in [0.2, 0.25) is 0 Å². The highest BCUT2D eigenvalue weighted by molar-refractivity contribution is 6.23. The minimum absolute atomic E-state index is 0.0771. The lowest BCUT2D eigenvalue weighted by Crippen LogP contribution is -2.23. The van der Waals surface area contributed by atoms with Crippen molar-refractivity contribution in [1.82, 2.24) is 4.57 Å². The maximum absolute atomic E-state index is 4.77. The normalized spacial score (nSPS) is 18.2.